The Hall–Kier alpha value is -1.68. The third kappa shape index (κ3) is 3.45. The molecule has 2 aromatic carbocycles. The Morgan fingerprint density at radius 2 is 2.00 bits per heavy atom. The summed E-state index contributed by atoms with van der Waals surface area (Å²) in [5.74, 6) is 0.944. The summed E-state index contributed by atoms with van der Waals surface area (Å²) in [6, 6.07) is 12.1. The molecule has 0 unspecified atom stereocenters. The number of halogens is 1. The first-order chi connectivity index (χ1) is 9.63. The van der Waals surface area contributed by atoms with Crippen molar-refractivity contribution in [2.45, 2.75) is 19.9 Å². The monoisotopic (exact) mass is 334 g/mol. The van der Waals surface area contributed by atoms with E-state index in [1.54, 1.807) is 7.11 Å². The molecule has 2 aromatic rings. The summed E-state index contributed by atoms with van der Waals surface area (Å²) in [5.41, 5.74) is 10.1. The predicted molar refractivity (Wildman–Crippen MR) is 88.3 cm³/mol. The topological polar surface area (TPSA) is 47.3 Å². The molecule has 20 heavy (non-hydrogen) atoms. The van der Waals surface area contributed by atoms with Gasteiger partial charge in [0.15, 0.2) is 0 Å². The molecule has 0 bridgehead atoms. The maximum atomic E-state index is 5.97. The zero-order chi connectivity index (χ0) is 14.5. The Bertz CT molecular complexity index is 599. The average Bonchev–Trinajstić information content (AvgIpc) is 2.46. The smallest absolute Gasteiger partial charge is 0.122 e. The molecule has 0 spiro atoms. The number of hydrogen-bond donors (Lipinski definition) is 2. The summed E-state index contributed by atoms with van der Waals surface area (Å²) in [5, 5.41) is 3.36. The lowest BCUT2D eigenvalue weighted by molar-refractivity contribution is 0.410. The minimum atomic E-state index is 0.739. The van der Waals surface area contributed by atoms with Gasteiger partial charge in [0, 0.05) is 11.0 Å². The third-order valence-electron chi connectivity index (χ3n) is 3.22. The van der Waals surface area contributed by atoms with Crippen LogP contribution in [0.5, 0.6) is 5.75 Å². The van der Waals surface area contributed by atoms with Gasteiger partial charge in [0.1, 0.15) is 5.75 Å². The maximum absolute atomic E-state index is 5.97. The molecule has 0 aromatic heterocycles. The van der Waals surface area contributed by atoms with Crippen molar-refractivity contribution >= 4 is 27.3 Å². The number of nitrogens with one attached hydrogen (secondary N) is 1. The number of hydrogen-bond acceptors (Lipinski definition) is 3. The Kier molecular flexibility index (Phi) is 4.90. The molecule has 3 nitrogen and oxygen atoms in total. The molecule has 0 radical (unpaired) electrons. The van der Waals surface area contributed by atoms with E-state index >= 15 is 0 Å². The van der Waals surface area contributed by atoms with Crippen LogP contribution in [0.3, 0.4) is 0 Å². The van der Waals surface area contributed by atoms with Crippen molar-refractivity contribution in [3.8, 4) is 5.75 Å². The van der Waals surface area contributed by atoms with E-state index in [2.05, 4.69) is 40.3 Å². The van der Waals surface area contributed by atoms with Gasteiger partial charge < -0.3 is 15.8 Å². The van der Waals surface area contributed by atoms with Gasteiger partial charge in [-0.3, -0.25) is 0 Å². The molecule has 3 N–H and O–H groups in total. The highest BCUT2D eigenvalue weighted by Gasteiger charge is 2.04. The Morgan fingerprint density at radius 1 is 1.20 bits per heavy atom. The van der Waals surface area contributed by atoms with Gasteiger partial charge in [0.2, 0.25) is 0 Å². The third-order valence-corrected chi connectivity index (χ3v) is 3.72. The number of ether oxygens (including phenoxy) is 1. The van der Waals surface area contributed by atoms with Crippen molar-refractivity contribution in [1.82, 2.24) is 0 Å². The van der Waals surface area contributed by atoms with Crippen molar-refractivity contribution in [3.63, 3.8) is 0 Å². The molecule has 0 saturated heterocycles. The lowest BCUT2D eigenvalue weighted by atomic mass is 10.1. The summed E-state index contributed by atoms with van der Waals surface area (Å²) >= 11 is 3.41. The maximum Gasteiger partial charge on any atom is 0.122 e. The number of benzene rings is 2. The van der Waals surface area contributed by atoms with Gasteiger partial charge in [-0.2, -0.15) is 0 Å². The Balaban J connectivity index is 2.10. The summed E-state index contributed by atoms with van der Waals surface area (Å²) in [6.45, 7) is 2.87. The van der Waals surface area contributed by atoms with E-state index in [4.69, 9.17) is 10.5 Å². The fraction of sp³-hybridized carbons (Fsp3) is 0.250. The Labute approximate surface area is 128 Å². The van der Waals surface area contributed by atoms with E-state index in [0.29, 0.717) is 0 Å². The van der Waals surface area contributed by atoms with Crippen LogP contribution in [-0.2, 0) is 13.0 Å². The zero-order valence-corrected chi connectivity index (χ0v) is 13.3. The molecule has 0 heterocycles. The molecule has 0 atom stereocenters. The summed E-state index contributed by atoms with van der Waals surface area (Å²) in [7, 11) is 1.70. The molecule has 106 valence electrons. The van der Waals surface area contributed by atoms with Gasteiger partial charge in [-0.1, -0.05) is 35.0 Å². The van der Waals surface area contributed by atoms with E-state index in [0.717, 1.165) is 34.6 Å². The first kappa shape index (κ1) is 14.7. The molecule has 2 rings (SSSR count). The van der Waals surface area contributed by atoms with Crippen LogP contribution in [0.15, 0.2) is 40.9 Å². The largest absolute Gasteiger partial charge is 0.496 e. The zero-order valence-electron chi connectivity index (χ0n) is 11.7. The van der Waals surface area contributed by atoms with E-state index in [1.165, 1.54) is 11.1 Å². The normalized spacial score (nSPS) is 10.3. The average molecular weight is 335 g/mol. The second-order valence-corrected chi connectivity index (χ2v) is 5.50. The second-order valence-electron chi connectivity index (χ2n) is 4.58. The van der Waals surface area contributed by atoms with Crippen LogP contribution >= 0.6 is 15.9 Å². The second kappa shape index (κ2) is 6.66. The van der Waals surface area contributed by atoms with Crippen molar-refractivity contribution < 1.29 is 4.74 Å². The van der Waals surface area contributed by atoms with Gasteiger partial charge in [-0.25, -0.2) is 0 Å². The van der Waals surface area contributed by atoms with Crippen LogP contribution in [0, 0.1) is 0 Å². The van der Waals surface area contributed by atoms with Gasteiger partial charge in [0.05, 0.1) is 18.5 Å². The van der Waals surface area contributed by atoms with E-state index in [1.807, 2.05) is 24.3 Å². The molecular formula is C16H19BrN2O. The number of rotatable bonds is 5. The SMILES string of the molecule is CCc1cc(CNc2ccc(Br)cc2N)ccc1OC. The highest BCUT2D eigenvalue weighted by molar-refractivity contribution is 9.10. The number of nitrogen functional groups attached to an aromatic ring is 1. The lowest BCUT2D eigenvalue weighted by Crippen LogP contribution is -2.03. The first-order valence-electron chi connectivity index (χ1n) is 6.58. The van der Waals surface area contributed by atoms with Crippen LogP contribution in [0.2, 0.25) is 0 Å². The summed E-state index contributed by atoms with van der Waals surface area (Å²) < 4.78 is 6.33. The van der Waals surface area contributed by atoms with Crippen LogP contribution in [0.1, 0.15) is 18.1 Å². The van der Waals surface area contributed by atoms with Gasteiger partial charge >= 0.3 is 0 Å². The van der Waals surface area contributed by atoms with Gasteiger partial charge in [-0.05, 0) is 41.8 Å². The fourth-order valence-corrected chi connectivity index (χ4v) is 2.49. The van der Waals surface area contributed by atoms with Gasteiger partial charge in [-0.15, -0.1) is 0 Å². The van der Waals surface area contributed by atoms with Crippen molar-refractivity contribution in [2.24, 2.45) is 0 Å². The lowest BCUT2D eigenvalue weighted by Gasteiger charge is -2.12. The Morgan fingerprint density at radius 3 is 2.65 bits per heavy atom. The molecular weight excluding hydrogens is 316 g/mol. The molecule has 0 aliphatic heterocycles. The van der Waals surface area contributed by atoms with Crippen LogP contribution in [0.25, 0.3) is 0 Å². The summed E-state index contributed by atoms with van der Waals surface area (Å²) in [4.78, 5) is 0. The van der Waals surface area contributed by atoms with Crippen molar-refractivity contribution in [1.29, 1.82) is 0 Å². The number of anilines is 2. The highest BCUT2D eigenvalue weighted by atomic mass is 79.9. The number of aryl methyl sites for hydroxylation is 1. The summed E-state index contributed by atoms with van der Waals surface area (Å²) in [6.07, 6.45) is 0.956. The standard InChI is InChI=1S/C16H19BrN2O/c1-3-12-8-11(4-7-16(12)20-2)10-19-15-6-5-13(17)9-14(15)18/h4-9,19H,3,10,18H2,1-2H3. The van der Waals surface area contributed by atoms with Gasteiger partial charge in [0.25, 0.3) is 0 Å². The minimum absolute atomic E-state index is 0.739. The van der Waals surface area contributed by atoms with Crippen LogP contribution in [-0.4, -0.2) is 7.11 Å². The van der Waals surface area contributed by atoms with E-state index in [-0.39, 0.29) is 0 Å². The number of nitrogens with two attached hydrogens (primary N) is 1. The van der Waals surface area contributed by atoms with Crippen molar-refractivity contribution in [3.05, 3.63) is 52.0 Å². The van der Waals surface area contributed by atoms with Crippen LogP contribution < -0.4 is 15.8 Å². The fourth-order valence-electron chi connectivity index (χ4n) is 2.11. The molecule has 0 saturated carbocycles. The van der Waals surface area contributed by atoms with Crippen LogP contribution in [0.4, 0.5) is 11.4 Å². The molecule has 4 heteroatoms. The molecule has 0 amide bonds. The highest BCUT2D eigenvalue weighted by Crippen LogP contribution is 2.25. The number of methoxy groups -OCH3 is 1. The van der Waals surface area contributed by atoms with Crippen molar-refractivity contribution in [2.75, 3.05) is 18.2 Å². The van der Waals surface area contributed by atoms with E-state index < -0.39 is 0 Å². The molecule has 0 aliphatic rings. The predicted octanol–water partition coefficient (Wildman–Crippen LogP) is 4.21. The first-order valence-corrected chi connectivity index (χ1v) is 7.38. The molecule has 0 aliphatic carbocycles. The molecule has 0 fully saturated rings. The van der Waals surface area contributed by atoms with E-state index in [9.17, 15) is 0 Å². The quantitative estimate of drug-likeness (QED) is 0.805. The minimum Gasteiger partial charge on any atom is -0.496 e.